The average Bonchev–Trinajstić information content (AvgIpc) is 1.56. The Morgan fingerprint density at radius 1 is 0.412 bits per heavy atom. The molecule has 8 amide bonds. The van der Waals surface area contributed by atoms with Gasteiger partial charge < -0.3 is 108 Å². The smallest absolute Gasteiger partial charge is 0.305 e. The van der Waals surface area contributed by atoms with Gasteiger partial charge in [-0.1, -0.05) is 130 Å². The minimum Gasteiger partial charge on any atom is -0.508 e. The molecule has 0 aliphatic heterocycles. The minimum atomic E-state index is -1.91. The fourth-order valence-corrected chi connectivity index (χ4v) is 15.6. The Morgan fingerprint density at radius 2 is 0.832 bits per heavy atom. The molecule has 0 spiro atoms. The molecule has 0 fully saturated rings. The van der Waals surface area contributed by atoms with Gasteiger partial charge in [0, 0.05) is 94.1 Å². The Labute approximate surface area is 773 Å². The number of aliphatic hydroxyl groups excluding tert-OH is 2. The Kier molecular flexibility index (Phi) is 59.8. The number of ketones is 6. The number of benzene rings is 1. The summed E-state index contributed by atoms with van der Waals surface area (Å²) in [5, 5.41) is 61.1. The quantitative estimate of drug-likeness (QED) is 0.0251. The number of aromatic nitrogens is 2. The number of aliphatic imine (C=N–C) groups is 2. The van der Waals surface area contributed by atoms with Gasteiger partial charge in [0.15, 0.2) is 46.6 Å². The van der Waals surface area contributed by atoms with E-state index >= 15 is 0 Å². The SMILES string of the molecule is CCCCCCCCCCCCCCCC(=O)N[C@@H](CCCCN)C(=O)N[C@@H](CCCCN)C(=O)C[C@@H](CC(C)C)C(=O)N[C@@H](CCCN=C(N)N)C(=O)C[C@@H](CO)C(=O)N[C@@H](C)C(=O)C[C@H](C(=O)N[C@@H](CC(=O)O)C(=O)C[C@@H](CCCCN)C(=O)N[C@@H](Cc1ccc(O)cc1)C(=O)C[C@@H](CCCN=C(N)N)C(=O)N[C@@H](CC(C)C)C(=O)C[C@@H](Cc1cnc[nH]1)C(N)=O)[C@@H](C)O. The van der Waals surface area contributed by atoms with Crippen LogP contribution in [0.1, 0.15) is 291 Å². The number of nitrogens with zero attached hydrogens (tertiary/aromatic N) is 3. The van der Waals surface area contributed by atoms with Gasteiger partial charge in [-0.3, -0.25) is 81.9 Å². The van der Waals surface area contributed by atoms with Crippen molar-refractivity contribution in [2.45, 2.75) is 341 Å². The second-order valence-electron chi connectivity index (χ2n) is 35.8. The summed E-state index contributed by atoms with van der Waals surface area (Å²) < 4.78 is 0. The van der Waals surface area contributed by atoms with Crippen LogP contribution < -0.4 is 83.1 Å². The highest BCUT2D eigenvalue weighted by Gasteiger charge is 2.40. The highest BCUT2D eigenvalue weighted by molar-refractivity contribution is 6.01. The lowest BCUT2D eigenvalue weighted by atomic mass is 9.87. The lowest BCUT2D eigenvalue weighted by molar-refractivity contribution is -0.142. The number of carboxylic acids is 1. The van der Waals surface area contributed by atoms with Crippen molar-refractivity contribution in [3.05, 3.63) is 48.0 Å². The lowest BCUT2D eigenvalue weighted by Gasteiger charge is -2.27. The number of imidazole rings is 1. The maximum absolute atomic E-state index is 15.0. The van der Waals surface area contributed by atoms with Gasteiger partial charge in [0.2, 0.25) is 47.3 Å². The van der Waals surface area contributed by atoms with Gasteiger partial charge in [-0.2, -0.15) is 0 Å². The number of unbranched alkanes of at least 4 members (excludes halogenated alkanes) is 15. The summed E-state index contributed by atoms with van der Waals surface area (Å²) in [5.41, 5.74) is 46.7. The Bertz CT molecular complexity index is 3860. The summed E-state index contributed by atoms with van der Waals surface area (Å²) in [6.45, 7) is 11.7. The maximum Gasteiger partial charge on any atom is 0.305 e. The molecule has 0 bridgehead atoms. The van der Waals surface area contributed by atoms with Crippen molar-refractivity contribution in [2.24, 2.45) is 103 Å². The first-order chi connectivity index (χ1) is 62.3. The normalized spacial score (nSPS) is 14.6. The van der Waals surface area contributed by atoms with Crippen molar-refractivity contribution in [1.82, 2.24) is 47.2 Å². The molecule has 0 radical (unpaired) electrons. The number of H-pyrrole nitrogens is 1. The van der Waals surface area contributed by atoms with Gasteiger partial charge in [-0.15, -0.1) is 0 Å². The predicted octanol–water partition coefficient (Wildman–Crippen LogP) is 4.17. The van der Waals surface area contributed by atoms with Crippen LogP contribution in [0.4, 0.5) is 0 Å². The van der Waals surface area contributed by atoms with Gasteiger partial charge >= 0.3 is 5.97 Å². The molecule has 1 heterocycles. The van der Waals surface area contributed by atoms with Crippen LogP contribution in [0, 0.1) is 47.3 Å². The van der Waals surface area contributed by atoms with Crippen molar-refractivity contribution in [3.8, 4) is 5.75 Å². The molecule has 38 heteroatoms. The molecule has 0 aliphatic rings. The number of carbonyl (C=O) groups is 15. The third-order valence-electron chi connectivity index (χ3n) is 23.3. The van der Waals surface area contributed by atoms with Crippen LogP contribution in [0.15, 0.2) is 46.8 Å². The van der Waals surface area contributed by atoms with Crippen LogP contribution in [0.2, 0.25) is 0 Å². The standard InChI is InChI=1S/C93H159N19O19/c1-8-9-10-11-12-13-14-15-16-17-18-19-20-34-83(122)107-73(32-23-26-41-96)91(131)109-71(31-22-25-40-95)78(117)51-66(44-58(2)3)88(128)108-72(33-28-43-104-93(100)101)79(118)52-67(56-113)89(129)106-60(6)77(116)53-70(61(7)114)90(130)112-76(54-84(123)124)81(120)48-63(29-21-24-39-94)86(126)111-75(46-62-35-37-69(115)38-36-62)80(119)49-64(30-27-42-103-92(98)99)87(127)110-74(45-59(4)5)82(121)50-65(85(97)125)47-68-55-102-57-105-68/h35-38,55,57-61,63-67,70-76,113-115H,8-34,39-54,56,94-96H2,1-7H3,(H2,97,125)(H,102,105)(H,106,129)(H,107,122)(H,108,128)(H,109,131)(H,110,127)(H,111,126)(H,112,130)(H,123,124)(H4,98,99,103)(H4,100,101,104)/t60-,61+,63+,64+,65+,66+,67-,70-,71-,72-,73-,74-,75-,76-/m0/s1. The number of carboxylic acid groups (broad SMARTS) is 1. The number of nitrogens with one attached hydrogen (secondary N) is 8. The number of hydrogen-bond donors (Lipinski definition) is 20. The summed E-state index contributed by atoms with van der Waals surface area (Å²) in [5.74, 6) is -21.0. The number of phenolic OH excluding ortho intramolecular Hbond substituents is 1. The van der Waals surface area contributed by atoms with Crippen molar-refractivity contribution in [2.75, 3.05) is 39.3 Å². The molecule has 1 aromatic carbocycles. The van der Waals surface area contributed by atoms with E-state index in [2.05, 4.69) is 64.1 Å². The Hall–Kier alpha value is -10.2. The van der Waals surface area contributed by atoms with Crippen molar-refractivity contribution < 1.29 is 92.3 Å². The van der Waals surface area contributed by atoms with Crippen LogP contribution in [0.3, 0.4) is 0 Å². The van der Waals surface area contributed by atoms with E-state index in [9.17, 15) is 92.3 Å². The summed E-state index contributed by atoms with van der Waals surface area (Å²) in [4.78, 5) is 227. The Morgan fingerprint density at radius 3 is 1.32 bits per heavy atom. The average molecular weight is 1850 g/mol. The van der Waals surface area contributed by atoms with Gasteiger partial charge in [0.05, 0.1) is 79.5 Å². The van der Waals surface area contributed by atoms with Gasteiger partial charge in [-0.25, -0.2) is 4.98 Å². The lowest BCUT2D eigenvalue weighted by Crippen LogP contribution is -2.52. The van der Waals surface area contributed by atoms with E-state index in [0.29, 0.717) is 62.9 Å². The number of amides is 8. The summed E-state index contributed by atoms with van der Waals surface area (Å²) >= 11 is 0. The predicted molar refractivity (Wildman–Crippen MR) is 500 cm³/mol. The number of primary amides is 1. The topological polar surface area (TPSA) is 683 Å². The fourth-order valence-electron chi connectivity index (χ4n) is 15.6. The summed E-state index contributed by atoms with van der Waals surface area (Å²) in [6.07, 6.45) is 14.7. The zero-order valence-electron chi connectivity index (χ0n) is 78.7. The Balaban J connectivity index is 2.44. The largest absolute Gasteiger partial charge is 0.508 e. The van der Waals surface area contributed by atoms with Crippen LogP contribution in [-0.4, -0.2) is 218 Å². The molecule has 0 saturated carbocycles. The number of guanidine groups is 2. The maximum atomic E-state index is 15.0. The van der Waals surface area contributed by atoms with Gasteiger partial charge in [0.1, 0.15) is 11.8 Å². The zero-order chi connectivity index (χ0) is 97.9. The van der Waals surface area contributed by atoms with E-state index in [0.717, 1.165) is 32.6 Å². The first kappa shape index (κ1) is 117. The van der Waals surface area contributed by atoms with E-state index in [1.807, 2.05) is 27.7 Å². The van der Waals surface area contributed by atoms with E-state index < -0.39 is 205 Å². The molecule has 2 aromatic rings. The van der Waals surface area contributed by atoms with E-state index in [1.54, 1.807) is 0 Å². The number of aromatic amines is 1. The number of rotatable bonds is 78. The van der Waals surface area contributed by atoms with Crippen LogP contribution in [0.5, 0.6) is 5.75 Å². The van der Waals surface area contributed by atoms with Gasteiger partial charge in [-0.05, 0) is 166 Å². The summed E-state index contributed by atoms with van der Waals surface area (Å²) in [7, 11) is 0. The molecule has 0 aliphatic carbocycles. The molecule has 131 heavy (non-hydrogen) atoms. The zero-order valence-corrected chi connectivity index (χ0v) is 78.7. The number of hydrogen-bond acceptors (Lipinski definition) is 24. The molecule has 0 saturated heterocycles. The van der Waals surface area contributed by atoms with Crippen molar-refractivity contribution in [1.29, 1.82) is 0 Å². The number of nitrogens with two attached hydrogens (primary N) is 8. The molecule has 740 valence electrons. The van der Waals surface area contributed by atoms with Gasteiger partial charge in [0.25, 0.3) is 0 Å². The monoisotopic (exact) mass is 1850 g/mol. The second kappa shape index (κ2) is 67.1. The molecular weight excluding hydrogens is 1690 g/mol. The van der Waals surface area contributed by atoms with Crippen molar-refractivity contribution in [3.63, 3.8) is 0 Å². The second-order valence-corrected chi connectivity index (χ2v) is 35.8. The third kappa shape index (κ3) is 50.9. The first-order valence-electron chi connectivity index (χ1n) is 47.3. The number of aliphatic hydroxyl groups is 2. The number of aromatic hydroxyl groups is 1. The van der Waals surface area contributed by atoms with Crippen molar-refractivity contribution >= 4 is 99.8 Å². The van der Waals surface area contributed by atoms with E-state index in [1.165, 1.54) is 95.1 Å². The van der Waals surface area contributed by atoms with Crippen LogP contribution in [-0.2, 0) is 84.8 Å². The minimum absolute atomic E-state index is 0.00316. The third-order valence-corrected chi connectivity index (χ3v) is 23.3. The summed E-state index contributed by atoms with van der Waals surface area (Å²) in [6, 6.07) is -3.81. The molecule has 1 aromatic heterocycles. The molecule has 28 N–H and O–H groups in total. The fraction of sp³-hybridized carbons (Fsp3) is 0.720. The van der Waals surface area contributed by atoms with Crippen LogP contribution >= 0.6 is 0 Å². The number of aliphatic carboxylic acids is 1. The number of Topliss-reactive ketones (excluding diaryl/α,β-unsaturated/α-hetero) is 6. The first-order valence-corrected chi connectivity index (χ1v) is 47.3. The number of phenols is 1. The molecule has 0 unspecified atom stereocenters. The molecular formula is C93H159N19O19. The molecule has 14 atom stereocenters. The van der Waals surface area contributed by atoms with E-state index in [4.69, 9.17) is 45.9 Å². The molecule has 38 nitrogen and oxygen atoms in total. The highest BCUT2D eigenvalue weighted by Crippen LogP contribution is 2.27. The van der Waals surface area contributed by atoms with E-state index in [-0.39, 0.29) is 151 Å². The molecule has 2 rings (SSSR count). The highest BCUT2D eigenvalue weighted by atomic mass is 16.4. The van der Waals surface area contributed by atoms with Crippen LogP contribution in [0.25, 0.3) is 0 Å². The number of carbonyl (C=O) groups excluding carboxylic acids is 14.